The van der Waals surface area contributed by atoms with Gasteiger partial charge in [-0.05, 0) is 37.1 Å². The number of rotatable bonds is 4. The van der Waals surface area contributed by atoms with E-state index in [1.165, 1.54) is 0 Å². The van der Waals surface area contributed by atoms with E-state index in [9.17, 15) is 9.59 Å². The van der Waals surface area contributed by atoms with Crippen LogP contribution in [0.3, 0.4) is 0 Å². The van der Waals surface area contributed by atoms with Crippen molar-refractivity contribution in [1.29, 1.82) is 0 Å². The molecule has 120 valence electrons. The number of aromatic nitrogens is 2. The Labute approximate surface area is 142 Å². The minimum atomic E-state index is -0.134. The van der Waals surface area contributed by atoms with E-state index in [-0.39, 0.29) is 11.8 Å². The molecule has 0 saturated carbocycles. The molecule has 2 heterocycles. The standard InChI is InChI=1S/C16H17BrN4O2/c17-13-4-2-12(3-5-13)16(23)21-9-1-8-20(21)15(22)7-6-14-10-18-11-19-14/h2-5,10-11H,1,6-9H2,(H,18,19). The van der Waals surface area contributed by atoms with Gasteiger partial charge >= 0.3 is 0 Å². The smallest absolute Gasteiger partial charge is 0.272 e. The van der Waals surface area contributed by atoms with Crippen LogP contribution in [0.15, 0.2) is 41.3 Å². The fourth-order valence-electron chi connectivity index (χ4n) is 2.62. The average Bonchev–Trinajstić information content (AvgIpc) is 3.24. The maximum Gasteiger partial charge on any atom is 0.272 e. The number of hydrazine groups is 1. The molecule has 3 rings (SSSR count). The zero-order valence-corrected chi connectivity index (χ0v) is 14.1. The summed E-state index contributed by atoms with van der Waals surface area (Å²) in [5, 5.41) is 3.12. The Kier molecular flexibility index (Phi) is 4.76. The molecular weight excluding hydrogens is 360 g/mol. The van der Waals surface area contributed by atoms with E-state index >= 15 is 0 Å². The maximum absolute atomic E-state index is 12.6. The Hall–Kier alpha value is -2.15. The van der Waals surface area contributed by atoms with Gasteiger partial charge in [0.05, 0.1) is 6.33 Å². The average molecular weight is 377 g/mol. The van der Waals surface area contributed by atoms with Crippen molar-refractivity contribution >= 4 is 27.7 Å². The number of aryl methyl sites for hydroxylation is 1. The monoisotopic (exact) mass is 376 g/mol. The van der Waals surface area contributed by atoms with E-state index in [4.69, 9.17) is 0 Å². The molecular formula is C16H17BrN4O2. The van der Waals surface area contributed by atoms with Crippen LogP contribution in [0.4, 0.5) is 0 Å². The molecule has 1 N–H and O–H groups in total. The minimum absolute atomic E-state index is 0.0393. The molecule has 2 aromatic rings. The summed E-state index contributed by atoms with van der Waals surface area (Å²) in [5.41, 5.74) is 1.50. The molecule has 1 aliphatic heterocycles. The minimum Gasteiger partial charge on any atom is -0.348 e. The third kappa shape index (κ3) is 3.61. The first-order valence-corrected chi connectivity index (χ1v) is 8.29. The Morgan fingerprint density at radius 3 is 2.61 bits per heavy atom. The zero-order chi connectivity index (χ0) is 16.2. The molecule has 0 bridgehead atoms. The fourth-order valence-corrected chi connectivity index (χ4v) is 2.88. The Balaban J connectivity index is 1.65. The summed E-state index contributed by atoms with van der Waals surface area (Å²) >= 11 is 3.36. The number of carbonyl (C=O) groups excluding carboxylic acids is 2. The molecule has 23 heavy (non-hydrogen) atoms. The van der Waals surface area contributed by atoms with E-state index in [1.54, 1.807) is 34.7 Å². The van der Waals surface area contributed by atoms with Crippen LogP contribution in [-0.4, -0.2) is 44.9 Å². The lowest BCUT2D eigenvalue weighted by Crippen LogP contribution is -2.44. The number of H-pyrrole nitrogens is 1. The number of nitrogens with zero attached hydrogens (tertiary/aromatic N) is 3. The van der Waals surface area contributed by atoms with Crippen molar-refractivity contribution < 1.29 is 9.59 Å². The predicted octanol–water partition coefficient (Wildman–Crippen LogP) is 2.39. The van der Waals surface area contributed by atoms with Crippen molar-refractivity contribution in [2.75, 3.05) is 13.1 Å². The number of hydrogen-bond acceptors (Lipinski definition) is 3. The number of benzene rings is 1. The first-order valence-electron chi connectivity index (χ1n) is 7.50. The molecule has 6 nitrogen and oxygen atoms in total. The molecule has 0 aliphatic carbocycles. The summed E-state index contributed by atoms with van der Waals surface area (Å²) < 4.78 is 0.919. The first kappa shape index (κ1) is 15.7. The number of hydrogen-bond donors (Lipinski definition) is 1. The normalized spacial score (nSPS) is 14.3. The molecule has 0 radical (unpaired) electrons. The van der Waals surface area contributed by atoms with Gasteiger partial charge in [0.1, 0.15) is 0 Å². The predicted molar refractivity (Wildman–Crippen MR) is 88.4 cm³/mol. The Morgan fingerprint density at radius 1 is 1.17 bits per heavy atom. The van der Waals surface area contributed by atoms with Gasteiger partial charge in [0.2, 0.25) is 5.91 Å². The van der Waals surface area contributed by atoms with Crippen molar-refractivity contribution in [2.24, 2.45) is 0 Å². The van der Waals surface area contributed by atoms with E-state index in [2.05, 4.69) is 25.9 Å². The molecule has 1 saturated heterocycles. The van der Waals surface area contributed by atoms with Crippen molar-refractivity contribution in [3.05, 3.63) is 52.5 Å². The van der Waals surface area contributed by atoms with Crippen molar-refractivity contribution in [3.63, 3.8) is 0 Å². The number of nitrogens with one attached hydrogen (secondary N) is 1. The summed E-state index contributed by atoms with van der Waals surface area (Å²) in [6, 6.07) is 7.18. The van der Waals surface area contributed by atoms with Crippen LogP contribution in [0.2, 0.25) is 0 Å². The Morgan fingerprint density at radius 2 is 1.91 bits per heavy atom. The van der Waals surface area contributed by atoms with Gasteiger partial charge in [-0.2, -0.15) is 0 Å². The molecule has 7 heteroatoms. The van der Waals surface area contributed by atoms with Crippen LogP contribution in [-0.2, 0) is 11.2 Å². The van der Waals surface area contributed by atoms with Crippen molar-refractivity contribution in [2.45, 2.75) is 19.3 Å². The van der Waals surface area contributed by atoms with E-state index < -0.39 is 0 Å². The van der Waals surface area contributed by atoms with Crippen LogP contribution in [0.1, 0.15) is 28.9 Å². The van der Waals surface area contributed by atoms with E-state index in [1.807, 2.05) is 12.1 Å². The largest absolute Gasteiger partial charge is 0.348 e. The van der Waals surface area contributed by atoms with E-state index in [0.717, 1.165) is 16.6 Å². The lowest BCUT2D eigenvalue weighted by Gasteiger charge is -2.28. The summed E-state index contributed by atoms with van der Waals surface area (Å²) in [6.07, 6.45) is 5.06. The molecule has 0 atom stereocenters. The van der Waals surface area contributed by atoms with Gasteiger partial charge in [-0.1, -0.05) is 15.9 Å². The molecule has 1 aromatic heterocycles. The van der Waals surface area contributed by atoms with Crippen LogP contribution >= 0.6 is 15.9 Å². The quantitative estimate of drug-likeness (QED) is 0.890. The van der Waals surface area contributed by atoms with Crippen molar-refractivity contribution in [3.8, 4) is 0 Å². The third-order valence-electron chi connectivity index (χ3n) is 3.81. The highest BCUT2D eigenvalue weighted by Gasteiger charge is 2.30. The van der Waals surface area contributed by atoms with Crippen LogP contribution in [0.25, 0.3) is 0 Å². The van der Waals surface area contributed by atoms with Gasteiger partial charge < -0.3 is 4.98 Å². The number of halogens is 1. The topological polar surface area (TPSA) is 69.3 Å². The van der Waals surface area contributed by atoms with Crippen LogP contribution in [0, 0.1) is 0 Å². The highest BCUT2D eigenvalue weighted by Crippen LogP contribution is 2.18. The summed E-state index contributed by atoms with van der Waals surface area (Å²) in [4.78, 5) is 32.0. The van der Waals surface area contributed by atoms with Crippen LogP contribution in [0.5, 0.6) is 0 Å². The second-order valence-electron chi connectivity index (χ2n) is 5.38. The molecule has 0 spiro atoms. The SMILES string of the molecule is O=C(CCc1cnc[nH]1)N1CCCN1C(=O)c1ccc(Br)cc1. The molecule has 2 amide bonds. The second-order valence-corrected chi connectivity index (χ2v) is 6.30. The second kappa shape index (κ2) is 6.95. The van der Waals surface area contributed by atoms with Gasteiger partial charge in [0, 0.05) is 41.4 Å². The fraction of sp³-hybridized carbons (Fsp3) is 0.312. The van der Waals surface area contributed by atoms with Gasteiger partial charge in [0.25, 0.3) is 5.91 Å². The maximum atomic E-state index is 12.6. The first-order chi connectivity index (χ1) is 11.1. The van der Waals surface area contributed by atoms with Gasteiger partial charge in [0.15, 0.2) is 0 Å². The summed E-state index contributed by atoms with van der Waals surface area (Å²) in [7, 11) is 0. The number of carbonyl (C=O) groups is 2. The zero-order valence-electron chi connectivity index (χ0n) is 12.5. The van der Waals surface area contributed by atoms with Crippen molar-refractivity contribution in [1.82, 2.24) is 20.0 Å². The number of imidazole rings is 1. The highest BCUT2D eigenvalue weighted by atomic mass is 79.9. The molecule has 1 aliphatic rings. The molecule has 1 aromatic carbocycles. The lowest BCUT2D eigenvalue weighted by atomic mass is 10.2. The summed E-state index contributed by atoms with van der Waals surface area (Å²) in [6.45, 7) is 1.16. The summed E-state index contributed by atoms with van der Waals surface area (Å²) in [5.74, 6) is -0.174. The molecule has 0 unspecified atom stereocenters. The van der Waals surface area contributed by atoms with Crippen LogP contribution < -0.4 is 0 Å². The lowest BCUT2D eigenvalue weighted by molar-refractivity contribution is -0.140. The number of amides is 2. The van der Waals surface area contributed by atoms with E-state index in [0.29, 0.717) is 31.5 Å². The van der Waals surface area contributed by atoms with Gasteiger partial charge in [-0.3, -0.25) is 14.6 Å². The number of aromatic amines is 1. The molecule has 1 fully saturated rings. The highest BCUT2D eigenvalue weighted by molar-refractivity contribution is 9.10. The van der Waals surface area contributed by atoms with Gasteiger partial charge in [-0.15, -0.1) is 0 Å². The van der Waals surface area contributed by atoms with Gasteiger partial charge in [-0.25, -0.2) is 9.99 Å². The Bertz CT molecular complexity index is 685. The third-order valence-corrected chi connectivity index (χ3v) is 4.34.